The van der Waals surface area contributed by atoms with Crippen LogP contribution in [0, 0.1) is 12.8 Å². The van der Waals surface area contributed by atoms with Gasteiger partial charge in [0.05, 0.1) is 0 Å². The van der Waals surface area contributed by atoms with Gasteiger partial charge >= 0.3 is 0 Å². The van der Waals surface area contributed by atoms with E-state index in [9.17, 15) is 0 Å². The molecule has 2 aromatic rings. The monoisotopic (exact) mass is 258 g/mol. The molecule has 1 aliphatic heterocycles. The number of aromatic nitrogens is 1. The molecular weight excluding hydrogens is 236 g/mol. The number of hydrogen-bond acceptors (Lipinski definition) is 3. The van der Waals surface area contributed by atoms with E-state index in [1.165, 1.54) is 18.4 Å². The predicted molar refractivity (Wildman–Crippen MR) is 77.4 cm³/mol. The summed E-state index contributed by atoms with van der Waals surface area (Å²) in [5.41, 5.74) is 3.09. The highest BCUT2D eigenvalue weighted by molar-refractivity contribution is 5.73. The molecule has 1 fully saturated rings. The average molecular weight is 258 g/mol. The van der Waals surface area contributed by atoms with Crippen molar-refractivity contribution in [3.8, 4) is 0 Å². The number of aryl methyl sites for hydroxylation is 1. The topological polar surface area (TPSA) is 38.1 Å². The van der Waals surface area contributed by atoms with Crippen molar-refractivity contribution in [2.24, 2.45) is 5.92 Å². The van der Waals surface area contributed by atoms with Crippen LogP contribution in [-0.2, 0) is 5.41 Å². The van der Waals surface area contributed by atoms with Crippen molar-refractivity contribution in [2.45, 2.75) is 39.0 Å². The zero-order chi connectivity index (χ0) is 13.5. The van der Waals surface area contributed by atoms with Gasteiger partial charge in [0.15, 0.2) is 5.58 Å². The van der Waals surface area contributed by atoms with Crippen LogP contribution in [-0.4, -0.2) is 18.1 Å². The molecule has 102 valence electrons. The van der Waals surface area contributed by atoms with Gasteiger partial charge in [-0.15, -0.1) is 0 Å². The summed E-state index contributed by atoms with van der Waals surface area (Å²) in [6, 6.07) is 6.19. The maximum Gasteiger partial charge on any atom is 0.201 e. The first-order chi connectivity index (χ1) is 9.07. The zero-order valence-electron chi connectivity index (χ0n) is 12.0. The van der Waals surface area contributed by atoms with Crippen LogP contribution in [0.4, 0.5) is 0 Å². The fourth-order valence-electron chi connectivity index (χ4n) is 2.96. The van der Waals surface area contributed by atoms with Crippen molar-refractivity contribution in [2.75, 3.05) is 13.1 Å². The van der Waals surface area contributed by atoms with E-state index in [0.717, 1.165) is 30.1 Å². The van der Waals surface area contributed by atoms with Crippen LogP contribution in [0.5, 0.6) is 0 Å². The van der Waals surface area contributed by atoms with Gasteiger partial charge in [0.1, 0.15) is 5.52 Å². The van der Waals surface area contributed by atoms with Gasteiger partial charge in [0.2, 0.25) is 5.89 Å². The molecule has 1 unspecified atom stereocenters. The summed E-state index contributed by atoms with van der Waals surface area (Å²) in [4.78, 5) is 4.73. The van der Waals surface area contributed by atoms with Crippen LogP contribution in [0.3, 0.4) is 0 Å². The van der Waals surface area contributed by atoms with E-state index in [4.69, 9.17) is 9.40 Å². The molecule has 3 rings (SSSR count). The third-order valence-corrected chi connectivity index (χ3v) is 4.41. The van der Waals surface area contributed by atoms with E-state index in [1.54, 1.807) is 0 Å². The number of oxazole rings is 1. The van der Waals surface area contributed by atoms with Gasteiger partial charge in [-0.05, 0) is 56.5 Å². The molecule has 0 aliphatic carbocycles. The Labute approximate surface area is 114 Å². The lowest BCUT2D eigenvalue weighted by molar-refractivity contribution is 0.215. The number of nitrogens with zero attached hydrogens (tertiary/aromatic N) is 1. The van der Waals surface area contributed by atoms with Crippen LogP contribution < -0.4 is 5.32 Å². The molecule has 3 heteroatoms. The largest absolute Gasteiger partial charge is 0.440 e. The number of benzene rings is 1. The number of nitrogens with one attached hydrogen (secondary N) is 1. The lowest BCUT2D eigenvalue weighted by Crippen LogP contribution is -2.40. The second-order valence-corrected chi connectivity index (χ2v) is 6.26. The Balaban J connectivity index is 1.97. The van der Waals surface area contributed by atoms with Gasteiger partial charge in [-0.2, -0.15) is 0 Å². The lowest BCUT2D eigenvalue weighted by Gasteiger charge is -2.34. The fraction of sp³-hybridized carbons (Fsp3) is 0.562. The Morgan fingerprint density at radius 1 is 1.37 bits per heavy atom. The van der Waals surface area contributed by atoms with E-state index < -0.39 is 0 Å². The molecule has 1 aromatic heterocycles. The van der Waals surface area contributed by atoms with Gasteiger partial charge in [-0.1, -0.05) is 19.9 Å². The molecule has 0 saturated carbocycles. The van der Waals surface area contributed by atoms with Crippen LogP contribution in [0.1, 0.15) is 38.1 Å². The number of piperidine rings is 1. The third kappa shape index (κ3) is 2.27. The van der Waals surface area contributed by atoms with Gasteiger partial charge < -0.3 is 9.73 Å². The first-order valence-corrected chi connectivity index (χ1v) is 7.16. The molecule has 1 aliphatic rings. The van der Waals surface area contributed by atoms with E-state index in [2.05, 4.69) is 38.2 Å². The minimum Gasteiger partial charge on any atom is -0.440 e. The Morgan fingerprint density at radius 2 is 2.21 bits per heavy atom. The molecule has 0 bridgehead atoms. The Kier molecular flexibility index (Phi) is 3.09. The van der Waals surface area contributed by atoms with Crippen LogP contribution in [0.25, 0.3) is 11.1 Å². The molecule has 0 amide bonds. The number of fused-ring (bicyclic) bond motifs is 1. The Morgan fingerprint density at radius 3 is 2.95 bits per heavy atom. The van der Waals surface area contributed by atoms with Crippen LogP contribution in [0.15, 0.2) is 22.6 Å². The second kappa shape index (κ2) is 4.64. The molecule has 3 nitrogen and oxygen atoms in total. The summed E-state index contributed by atoms with van der Waals surface area (Å²) >= 11 is 0. The normalized spacial score (nSPS) is 20.9. The van der Waals surface area contributed by atoms with Crippen LogP contribution in [0.2, 0.25) is 0 Å². The summed E-state index contributed by atoms with van der Waals surface area (Å²) < 4.78 is 6.00. The molecule has 1 N–H and O–H groups in total. The summed E-state index contributed by atoms with van der Waals surface area (Å²) in [6.07, 6.45) is 2.49. The predicted octanol–water partition coefficient (Wildman–Crippen LogP) is 3.41. The molecule has 19 heavy (non-hydrogen) atoms. The number of hydrogen-bond donors (Lipinski definition) is 1. The molecule has 2 heterocycles. The fourth-order valence-corrected chi connectivity index (χ4v) is 2.96. The van der Waals surface area contributed by atoms with Gasteiger partial charge in [0.25, 0.3) is 0 Å². The van der Waals surface area contributed by atoms with Crippen molar-refractivity contribution in [3.63, 3.8) is 0 Å². The Hall–Kier alpha value is -1.35. The first-order valence-electron chi connectivity index (χ1n) is 7.16. The first kappa shape index (κ1) is 12.7. The van der Waals surface area contributed by atoms with Crippen molar-refractivity contribution >= 4 is 11.1 Å². The van der Waals surface area contributed by atoms with Crippen molar-refractivity contribution in [1.82, 2.24) is 10.3 Å². The quantitative estimate of drug-likeness (QED) is 0.897. The standard InChI is InChI=1S/C16H22N2O/c1-11-6-7-14-13(9-11)18-15(19-14)16(2,3)12-5-4-8-17-10-12/h6-7,9,12,17H,4-5,8,10H2,1-3H3. The van der Waals surface area contributed by atoms with Gasteiger partial charge in [-0.3, -0.25) is 0 Å². The molecule has 1 aromatic carbocycles. The van der Waals surface area contributed by atoms with E-state index in [1.807, 2.05) is 6.07 Å². The van der Waals surface area contributed by atoms with Gasteiger partial charge in [0, 0.05) is 5.41 Å². The number of rotatable bonds is 2. The van der Waals surface area contributed by atoms with Gasteiger partial charge in [-0.25, -0.2) is 4.98 Å². The molecule has 1 saturated heterocycles. The minimum atomic E-state index is -0.0135. The SMILES string of the molecule is Cc1ccc2oc(C(C)(C)C3CCCNC3)nc2c1. The van der Waals surface area contributed by atoms with E-state index in [0.29, 0.717) is 5.92 Å². The maximum absolute atomic E-state index is 6.00. The maximum atomic E-state index is 6.00. The molecular formula is C16H22N2O. The van der Waals surface area contributed by atoms with Crippen molar-refractivity contribution < 1.29 is 4.42 Å². The summed E-state index contributed by atoms with van der Waals surface area (Å²) in [5.74, 6) is 1.47. The van der Waals surface area contributed by atoms with Crippen LogP contribution >= 0.6 is 0 Å². The molecule has 0 spiro atoms. The van der Waals surface area contributed by atoms with Crippen molar-refractivity contribution in [3.05, 3.63) is 29.7 Å². The minimum absolute atomic E-state index is 0.0135. The summed E-state index contributed by atoms with van der Waals surface area (Å²) in [5, 5.41) is 3.48. The van der Waals surface area contributed by atoms with E-state index in [-0.39, 0.29) is 5.41 Å². The highest BCUT2D eigenvalue weighted by atomic mass is 16.3. The highest BCUT2D eigenvalue weighted by Gasteiger charge is 2.36. The third-order valence-electron chi connectivity index (χ3n) is 4.41. The smallest absolute Gasteiger partial charge is 0.201 e. The zero-order valence-corrected chi connectivity index (χ0v) is 12.0. The lowest BCUT2D eigenvalue weighted by atomic mass is 9.75. The second-order valence-electron chi connectivity index (χ2n) is 6.26. The van der Waals surface area contributed by atoms with Crippen molar-refractivity contribution in [1.29, 1.82) is 0 Å². The average Bonchev–Trinajstić information content (AvgIpc) is 2.83. The summed E-state index contributed by atoms with van der Waals surface area (Å²) in [6.45, 7) is 8.79. The highest BCUT2D eigenvalue weighted by Crippen LogP contribution is 2.36. The summed E-state index contributed by atoms with van der Waals surface area (Å²) in [7, 11) is 0. The molecule has 1 atom stereocenters. The van der Waals surface area contributed by atoms with E-state index >= 15 is 0 Å². The Bertz CT molecular complexity index is 579. The molecule has 0 radical (unpaired) electrons.